The van der Waals surface area contributed by atoms with Crippen LogP contribution in [0.25, 0.3) is 0 Å². The average molecular weight is 541 g/mol. The summed E-state index contributed by atoms with van der Waals surface area (Å²) in [6.07, 6.45) is 2.46. The summed E-state index contributed by atoms with van der Waals surface area (Å²) in [6.45, 7) is 15.1. The summed E-state index contributed by atoms with van der Waals surface area (Å²) in [5.41, 5.74) is -2.50. The van der Waals surface area contributed by atoms with Crippen molar-refractivity contribution >= 4 is 34.9 Å². The zero-order valence-corrected chi connectivity index (χ0v) is 24.8. The summed E-state index contributed by atoms with van der Waals surface area (Å²) < 4.78 is 5.03. The second kappa shape index (κ2) is 9.59. The number of carbonyl (C=O) groups excluding carboxylic acids is 6. The number of rotatable bonds is 7. The third kappa shape index (κ3) is 4.04. The number of carbonyl (C=O) groups is 6. The Hall–Kier alpha value is -2.44. The van der Waals surface area contributed by atoms with Gasteiger partial charge in [0.15, 0.2) is 5.78 Å². The Bertz CT molecular complexity index is 1190. The number of Topliss-reactive ketones (excluding diaryl/α,β-unsaturated/α-hetero) is 5. The summed E-state index contributed by atoms with van der Waals surface area (Å²) in [7, 11) is 0. The Balaban J connectivity index is 1.69. The molecule has 0 bridgehead atoms. The van der Waals surface area contributed by atoms with Crippen LogP contribution in [0.15, 0.2) is 11.1 Å². The number of esters is 1. The van der Waals surface area contributed by atoms with Crippen molar-refractivity contribution in [1.29, 1.82) is 0 Å². The van der Waals surface area contributed by atoms with E-state index in [2.05, 4.69) is 0 Å². The first-order chi connectivity index (χ1) is 18.0. The third-order valence-electron chi connectivity index (χ3n) is 11.5. The quantitative estimate of drug-likeness (QED) is 0.329. The van der Waals surface area contributed by atoms with E-state index in [1.165, 1.54) is 0 Å². The maximum atomic E-state index is 14.2. The van der Waals surface area contributed by atoms with E-state index in [-0.39, 0.29) is 61.0 Å². The Morgan fingerprint density at radius 2 is 1.59 bits per heavy atom. The van der Waals surface area contributed by atoms with Gasteiger partial charge in [-0.15, -0.1) is 0 Å². The van der Waals surface area contributed by atoms with E-state index in [1.807, 2.05) is 41.5 Å². The van der Waals surface area contributed by atoms with Gasteiger partial charge in [-0.3, -0.25) is 28.8 Å². The van der Waals surface area contributed by atoms with Crippen LogP contribution in [0, 0.1) is 45.3 Å². The van der Waals surface area contributed by atoms with Crippen LogP contribution in [0.4, 0.5) is 0 Å². The van der Waals surface area contributed by atoms with Gasteiger partial charge in [0.25, 0.3) is 0 Å². The van der Waals surface area contributed by atoms with Crippen molar-refractivity contribution in [3.05, 3.63) is 11.1 Å². The molecule has 4 aliphatic rings. The second-order valence-corrected chi connectivity index (χ2v) is 13.9. The molecule has 39 heavy (non-hydrogen) atoms. The van der Waals surface area contributed by atoms with Gasteiger partial charge >= 0.3 is 5.97 Å². The van der Waals surface area contributed by atoms with Crippen LogP contribution in [0.2, 0.25) is 0 Å². The zero-order chi connectivity index (χ0) is 29.3. The van der Waals surface area contributed by atoms with Gasteiger partial charge in [-0.25, -0.2) is 0 Å². The number of fused-ring (bicyclic) bond motifs is 4. The monoisotopic (exact) mass is 540 g/mol. The fraction of sp³-hybridized carbons (Fsp3) is 0.750. The Kier molecular flexibility index (Phi) is 7.26. The summed E-state index contributed by atoms with van der Waals surface area (Å²) in [5.74, 6) is -2.84. The number of hydrogen-bond acceptors (Lipinski definition) is 7. The highest BCUT2D eigenvalue weighted by molar-refractivity contribution is 6.48. The lowest BCUT2D eigenvalue weighted by Gasteiger charge is -2.58. The van der Waals surface area contributed by atoms with Crippen molar-refractivity contribution in [3.8, 4) is 0 Å². The van der Waals surface area contributed by atoms with Gasteiger partial charge in [-0.05, 0) is 43.9 Å². The minimum Gasteiger partial charge on any atom is -0.466 e. The smallest absolute Gasteiger partial charge is 0.309 e. The van der Waals surface area contributed by atoms with Crippen LogP contribution in [-0.4, -0.2) is 41.5 Å². The average Bonchev–Trinajstić information content (AvgIpc) is 3.13. The third-order valence-corrected chi connectivity index (χ3v) is 11.5. The minimum absolute atomic E-state index is 0.0682. The summed E-state index contributed by atoms with van der Waals surface area (Å²) in [6, 6.07) is 0. The predicted molar refractivity (Wildman–Crippen MR) is 144 cm³/mol. The lowest BCUT2D eigenvalue weighted by Crippen LogP contribution is -2.61. The number of allylic oxidation sites excluding steroid dienone is 2. The molecule has 0 saturated heterocycles. The van der Waals surface area contributed by atoms with E-state index in [1.54, 1.807) is 13.8 Å². The molecule has 0 aromatic rings. The molecular weight excluding hydrogens is 496 g/mol. The largest absolute Gasteiger partial charge is 0.466 e. The first-order valence-electron chi connectivity index (χ1n) is 14.6. The van der Waals surface area contributed by atoms with E-state index >= 15 is 0 Å². The summed E-state index contributed by atoms with van der Waals surface area (Å²) in [4.78, 5) is 79.9. The first-order valence-corrected chi connectivity index (χ1v) is 14.6. The lowest BCUT2D eigenvalue weighted by molar-refractivity contribution is -0.154. The van der Waals surface area contributed by atoms with Crippen LogP contribution >= 0.6 is 0 Å². The van der Waals surface area contributed by atoms with E-state index < -0.39 is 45.1 Å². The second-order valence-electron chi connectivity index (χ2n) is 13.9. The van der Waals surface area contributed by atoms with Crippen molar-refractivity contribution in [3.63, 3.8) is 0 Å². The molecule has 0 aromatic heterocycles. The molecule has 0 unspecified atom stereocenters. The first kappa shape index (κ1) is 29.5. The van der Waals surface area contributed by atoms with Gasteiger partial charge in [-0.2, -0.15) is 0 Å². The molecule has 0 heterocycles. The fourth-order valence-corrected chi connectivity index (χ4v) is 9.01. The van der Waals surface area contributed by atoms with Gasteiger partial charge in [-0.1, -0.05) is 48.5 Å². The SMILES string of the molecule is CCOC(=O)[C@H](C)CC(=O)C[C@@H](C)[C@H]1CC[C@@]2(C)C3=C(C(=O)C(=O)[C@]12C)[C@@]1(C)CCC(=O)C(C)(C)[C@@H]1CC3=O. The van der Waals surface area contributed by atoms with Crippen LogP contribution in [0.3, 0.4) is 0 Å². The molecule has 0 aromatic carbocycles. The topological polar surface area (TPSA) is 112 Å². The van der Waals surface area contributed by atoms with Crippen LogP contribution < -0.4 is 0 Å². The number of hydrogen-bond donors (Lipinski definition) is 0. The molecule has 4 rings (SSSR count). The summed E-state index contributed by atoms with van der Waals surface area (Å²) in [5, 5.41) is 0. The molecule has 2 fully saturated rings. The van der Waals surface area contributed by atoms with Crippen molar-refractivity contribution in [1.82, 2.24) is 0 Å². The van der Waals surface area contributed by atoms with Crippen molar-refractivity contribution in [2.45, 2.75) is 100 Å². The fourth-order valence-electron chi connectivity index (χ4n) is 9.01. The maximum absolute atomic E-state index is 14.2. The predicted octanol–water partition coefficient (Wildman–Crippen LogP) is 5.03. The van der Waals surface area contributed by atoms with Crippen molar-refractivity contribution < 1.29 is 33.5 Å². The van der Waals surface area contributed by atoms with Crippen molar-refractivity contribution in [2.75, 3.05) is 6.61 Å². The van der Waals surface area contributed by atoms with Gasteiger partial charge in [0, 0.05) is 58.5 Å². The van der Waals surface area contributed by atoms with E-state index in [0.29, 0.717) is 36.8 Å². The number of ether oxygens (including phenoxy) is 1. The highest BCUT2D eigenvalue weighted by Gasteiger charge is 2.70. The van der Waals surface area contributed by atoms with Gasteiger partial charge in [0.05, 0.1) is 12.5 Å². The van der Waals surface area contributed by atoms with E-state index in [4.69, 9.17) is 4.74 Å². The molecule has 214 valence electrons. The zero-order valence-electron chi connectivity index (χ0n) is 24.8. The van der Waals surface area contributed by atoms with Crippen LogP contribution in [-0.2, 0) is 33.5 Å². The molecule has 0 radical (unpaired) electrons. The van der Waals surface area contributed by atoms with Gasteiger partial charge in [0.2, 0.25) is 11.6 Å². The highest BCUT2D eigenvalue weighted by Crippen LogP contribution is 2.69. The molecule has 0 N–H and O–H groups in total. The van der Waals surface area contributed by atoms with Crippen LogP contribution in [0.5, 0.6) is 0 Å². The van der Waals surface area contributed by atoms with Crippen molar-refractivity contribution in [2.24, 2.45) is 45.3 Å². The van der Waals surface area contributed by atoms with E-state index in [0.717, 1.165) is 0 Å². The Morgan fingerprint density at radius 3 is 2.21 bits per heavy atom. The molecule has 7 nitrogen and oxygen atoms in total. The molecule has 7 heteroatoms. The number of ketones is 5. The molecule has 4 aliphatic carbocycles. The normalized spacial score (nSPS) is 37.1. The minimum atomic E-state index is -1.10. The van der Waals surface area contributed by atoms with Crippen LogP contribution in [0.1, 0.15) is 100 Å². The van der Waals surface area contributed by atoms with E-state index in [9.17, 15) is 28.8 Å². The molecule has 0 spiro atoms. The Labute approximate surface area is 231 Å². The highest BCUT2D eigenvalue weighted by atomic mass is 16.5. The van der Waals surface area contributed by atoms with Gasteiger partial charge < -0.3 is 4.74 Å². The summed E-state index contributed by atoms with van der Waals surface area (Å²) >= 11 is 0. The molecule has 7 atom stereocenters. The molecule has 0 amide bonds. The maximum Gasteiger partial charge on any atom is 0.309 e. The standard InChI is InChI=1S/C32H44O7/c1-9-39-28(38)18(3)15-19(33)14-17(2)20-10-13-31(7)24-21(34)16-22-29(4,5)23(35)11-12-30(22,6)25(24)26(36)27(37)32(20,31)8/h17-18,20,22H,9-16H2,1-8H3/t17-,18-,20-,22+,30+,31+,32+/m1/s1. The lowest BCUT2D eigenvalue weighted by atomic mass is 9.42. The molecule has 2 saturated carbocycles. The molecule has 0 aliphatic heterocycles. The molecular formula is C32H44O7. The van der Waals surface area contributed by atoms with Gasteiger partial charge in [0.1, 0.15) is 11.6 Å². The Morgan fingerprint density at radius 1 is 0.949 bits per heavy atom.